The minimum atomic E-state index is -1.05. The van der Waals surface area contributed by atoms with Crippen LogP contribution in [0.2, 0.25) is 0 Å². The zero-order chi connectivity index (χ0) is 14.4. The Kier molecular flexibility index (Phi) is 5.45. The number of hydrogen-bond donors (Lipinski definition) is 1. The normalized spacial score (nSPS) is 16.4. The van der Waals surface area contributed by atoms with Gasteiger partial charge in [-0.15, -0.1) is 5.10 Å². The zero-order valence-electron chi connectivity index (χ0n) is 11.6. The van der Waals surface area contributed by atoms with Crippen molar-refractivity contribution >= 4 is 5.97 Å². The molecule has 1 aromatic rings. The zero-order valence-corrected chi connectivity index (χ0v) is 11.6. The van der Waals surface area contributed by atoms with Crippen LogP contribution < -0.4 is 0 Å². The van der Waals surface area contributed by atoms with Crippen LogP contribution in [0, 0.1) is 0 Å². The van der Waals surface area contributed by atoms with Crippen molar-refractivity contribution in [3.8, 4) is 0 Å². The highest BCUT2D eigenvalue weighted by Crippen LogP contribution is 2.08. The molecule has 0 amide bonds. The summed E-state index contributed by atoms with van der Waals surface area (Å²) in [5.41, 5.74) is 0.636. The minimum Gasteiger partial charge on any atom is -0.476 e. The highest BCUT2D eigenvalue weighted by atomic mass is 16.5. The number of aromatic carboxylic acids is 1. The van der Waals surface area contributed by atoms with E-state index in [0.717, 1.165) is 32.8 Å². The molecule has 2 heterocycles. The maximum atomic E-state index is 11.1. The van der Waals surface area contributed by atoms with Crippen LogP contribution in [0.4, 0.5) is 0 Å². The number of aromatic nitrogens is 3. The van der Waals surface area contributed by atoms with Gasteiger partial charge in [-0.2, -0.15) is 0 Å². The third kappa shape index (κ3) is 3.75. The van der Waals surface area contributed by atoms with Gasteiger partial charge in [0.25, 0.3) is 0 Å². The van der Waals surface area contributed by atoms with Crippen molar-refractivity contribution in [2.75, 3.05) is 46.6 Å². The van der Waals surface area contributed by atoms with Gasteiger partial charge in [-0.05, 0) is 0 Å². The Balaban J connectivity index is 2.00. The topological polar surface area (TPSA) is 89.7 Å². The number of ether oxygens (including phenoxy) is 2. The fourth-order valence-electron chi connectivity index (χ4n) is 2.19. The van der Waals surface area contributed by atoms with Crippen molar-refractivity contribution in [1.29, 1.82) is 0 Å². The van der Waals surface area contributed by atoms with E-state index in [-0.39, 0.29) is 5.69 Å². The number of nitrogens with zero attached hydrogens (tertiary/aromatic N) is 4. The number of morpholine rings is 1. The van der Waals surface area contributed by atoms with Crippen molar-refractivity contribution in [1.82, 2.24) is 19.9 Å². The summed E-state index contributed by atoms with van der Waals surface area (Å²) in [5.74, 6) is -1.05. The van der Waals surface area contributed by atoms with E-state index in [4.69, 9.17) is 14.6 Å². The predicted molar refractivity (Wildman–Crippen MR) is 69.8 cm³/mol. The summed E-state index contributed by atoms with van der Waals surface area (Å²) < 4.78 is 12.0. The number of carboxylic acid groups (broad SMARTS) is 1. The first-order valence-corrected chi connectivity index (χ1v) is 6.67. The van der Waals surface area contributed by atoms with Gasteiger partial charge in [0.2, 0.25) is 0 Å². The Morgan fingerprint density at radius 3 is 2.80 bits per heavy atom. The maximum Gasteiger partial charge on any atom is 0.358 e. The molecule has 112 valence electrons. The molecule has 0 radical (unpaired) electrons. The van der Waals surface area contributed by atoms with Gasteiger partial charge in [-0.25, -0.2) is 9.48 Å². The molecule has 1 fully saturated rings. The fraction of sp³-hybridized carbons (Fsp3) is 0.750. The molecule has 8 heteroatoms. The molecule has 0 aliphatic carbocycles. The molecule has 0 unspecified atom stereocenters. The minimum absolute atomic E-state index is 0.0176. The van der Waals surface area contributed by atoms with Crippen LogP contribution in [-0.2, 0) is 22.4 Å². The molecule has 0 aromatic carbocycles. The highest BCUT2D eigenvalue weighted by Gasteiger charge is 2.19. The van der Waals surface area contributed by atoms with E-state index < -0.39 is 5.97 Å². The molecule has 1 saturated heterocycles. The number of carboxylic acids is 1. The third-order valence-corrected chi connectivity index (χ3v) is 3.31. The summed E-state index contributed by atoms with van der Waals surface area (Å²) in [4.78, 5) is 13.4. The Morgan fingerprint density at radius 1 is 1.40 bits per heavy atom. The Labute approximate surface area is 117 Å². The Hall–Kier alpha value is -1.51. The lowest BCUT2D eigenvalue weighted by molar-refractivity contribution is 0.0358. The lowest BCUT2D eigenvalue weighted by atomic mass is 10.2. The predicted octanol–water partition coefficient (Wildman–Crippen LogP) is -0.503. The molecule has 1 aliphatic rings. The van der Waals surface area contributed by atoms with Gasteiger partial charge in [0, 0.05) is 33.2 Å². The molecule has 0 saturated carbocycles. The summed E-state index contributed by atoms with van der Waals surface area (Å²) in [5, 5.41) is 16.8. The third-order valence-electron chi connectivity index (χ3n) is 3.31. The number of rotatable bonds is 7. The molecule has 20 heavy (non-hydrogen) atoms. The van der Waals surface area contributed by atoms with Crippen LogP contribution in [0.1, 0.15) is 16.2 Å². The van der Waals surface area contributed by atoms with E-state index in [1.54, 1.807) is 11.8 Å². The average molecular weight is 284 g/mol. The average Bonchev–Trinajstić information content (AvgIpc) is 2.87. The van der Waals surface area contributed by atoms with Gasteiger partial charge in [0.1, 0.15) is 0 Å². The molecule has 1 N–H and O–H groups in total. The van der Waals surface area contributed by atoms with E-state index >= 15 is 0 Å². The van der Waals surface area contributed by atoms with E-state index in [9.17, 15) is 4.79 Å². The fourth-order valence-corrected chi connectivity index (χ4v) is 2.19. The van der Waals surface area contributed by atoms with Crippen molar-refractivity contribution in [3.05, 3.63) is 11.4 Å². The van der Waals surface area contributed by atoms with Crippen LogP contribution in [0.3, 0.4) is 0 Å². The lowest BCUT2D eigenvalue weighted by Gasteiger charge is -2.26. The molecule has 8 nitrogen and oxygen atoms in total. The van der Waals surface area contributed by atoms with Gasteiger partial charge < -0.3 is 14.6 Å². The van der Waals surface area contributed by atoms with Crippen LogP contribution in [0.5, 0.6) is 0 Å². The highest BCUT2D eigenvalue weighted by molar-refractivity contribution is 5.86. The van der Waals surface area contributed by atoms with Crippen molar-refractivity contribution < 1.29 is 19.4 Å². The SMILES string of the molecule is COCCc1c(C(=O)O)nnn1CCN1CCOCC1. The molecule has 0 spiro atoms. The van der Waals surface area contributed by atoms with E-state index in [0.29, 0.717) is 25.3 Å². The van der Waals surface area contributed by atoms with Crippen molar-refractivity contribution in [3.63, 3.8) is 0 Å². The van der Waals surface area contributed by atoms with E-state index in [1.165, 1.54) is 0 Å². The Morgan fingerprint density at radius 2 is 2.15 bits per heavy atom. The van der Waals surface area contributed by atoms with Gasteiger partial charge in [-0.1, -0.05) is 5.21 Å². The summed E-state index contributed by atoms with van der Waals surface area (Å²) in [6, 6.07) is 0. The van der Waals surface area contributed by atoms with Gasteiger partial charge >= 0.3 is 5.97 Å². The largest absolute Gasteiger partial charge is 0.476 e. The van der Waals surface area contributed by atoms with Gasteiger partial charge in [-0.3, -0.25) is 4.90 Å². The number of carbonyl (C=O) groups is 1. The lowest BCUT2D eigenvalue weighted by Crippen LogP contribution is -2.38. The molecule has 2 rings (SSSR count). The Bertz CT molecular complexity index is 443. The molecule has 0 atom stereocenters. The van der Waals surface area contributed by atoms with E-state index in [2.05, 4.69) is 15.2 Å². The molecule has 1 aliphatic heterocycles. The first-order valence-electron chi connectivity index (χ1n) is 6.67. The second-order valence-electron chi connectivity index (χ2n) is 4.61. The van der Waals surface area contributed by atoms with Gasteiger partial charge in [0.15, 0.2) is 5.69 Å². The van der Waals surface area contributed by atoms with Crippen LogP contribution in [0.15, 0.2) is 0 Å². The first kappa shape index (κ1) is 14.9. The van der Waals surface area contributed by atoms with Crippen LogP contribution in [0.25, 0.3) is 0 Å². The summed E-state index contributed by atoms with van der Waals surface area (Å²) in [6.07, 6.45) is 0.494. The summed E-state index contributed by atoms with van der Waals surface area (Å²) in [7, 11) is 1.59. The van der Waals surface area contributed by atoms with Gasteiger partial charge in [0.05, 0.1) is 32.1 Å². The second kappa shape index (κ2) is 7.32. The van der Waals surface area contributed by atoms with E-state index in [1.807, 2.05) is 0 Å². The smallest absolute Gasteiger partial charge is 0.358 e. The number of hydrogen-bond acceptors (Lipinski definition) is 6. The molecule has 0 bridgehead atoms. The molecular weight excluding hydrogens is 264 g/mol. The van der Waals surface area contributed by atoms with Crippen molar-refractivity contribution in [2.45, 2.75) is 13.0 Å². The quantitative estimate of drug-likeness (QED) is 0.721. The second-order valence-corrected chi connectivity index (χ2v) is 4.61. The summed E-state index contributed by atoms with van der Waals surface area (Å²) >= 11 is 0. The van der Waals surface area contributed by atoms with Crippen LogP contribution in [-0.4, -0.2) is 77.5 Å². The maximum absolute atomic E-state index is 11.1. The first-order chi connectivity index (χ1) is 9.72. The standard InChI is InChI=1S/C12H20N4O4/c1-19-7-2-10-11(12(17)18)13-14-16(10)4-3-15-5-8-20-9-6-15/h2-9H2,1H3,(H,17,18). The van der Waals surface area contributed by atoms with Crippen molar-refractivity contribution in [2.24, 2.45) is 0 Å². The van der Waals surface area contributed by atoms with Crippen LogP contribution >= 0.6 is 0 Å². The monoisotopic (exact) mass is 284 g/mol. The molecular formula is C12H20N4O4. The molecule has 1 aromatic heterocycles. The summed E-state index contributed by atoms with van der Waals surface area (Å²) in [6.45, 7) is 5.17. The number of methoxy groups -OCH3 is 1.